The summed E-state index contributed by atoms with van der Waals surface area (Å²) in [5.74, 6) is 0.207. The van der Waals surface area contributed by atoms with Crippen LogP contribution in [0.15, 0.2) is 35.5 Å². The quantitative estimate of drug-likeness (QED) is 0.567. The van der Waals surface area contributed by atoms with E-state index in [0.717, 1.165) is 24.8 Å². The van der Waals surface area contributed by atoms with Crippen molar-refractivity contribution in [1.82, 2.24) is 0 Å². The van der Waals surface area contributed by atoms with Gasteiger partial charge in [-0.2, -0.15) is 0 Å². The molecule has 0 amide bonds. The Balaban J connectivity index is 1.82. The zero-order valence-electron chi connectivity index (χ0n) is 15.2. The van der Waals surface area contributed by atoms with Crippen molar-refractivity contribution in [3.63, 3.8) is 0 Å². The first-order valence-corrected chi connectivity index (χ1v) is 9.40. The van der Waals surface area contributed by atoms with Crippen molar-refractivity contribution in [2.75, 3.05) is 0 Å². The molecule has 2 fully saturated rings. The van der Waals surface area contributed by atoms with Crippen molar-refractivity contribution in [3.05, 3.63) is 35.5 Å². The molecule has 0 heterocycles. The fraction of sp³-hybridized carbons (Fsp3) is 0.667. The van der Waals surface area contributed by atoms with E-state index in [2.05, 4.69) is 26.0 Å². The fourth-order valence-corrected chi connectivity index (χ4v) is 5.89. The smallest absolute Gasteiger partial charge is 0.302 e. The van der Waals surface area contributed by atoms with Crippen LogP contribution < -0.4 is 0 Å². The Labute approximate surface area is 149 Å². The van der Waals surface area contributed by atoms with Crippen molar-refractivity contribution in [2.45, 2.75) is 64.8 Å². The Kier molecular flexibility index (Phi) is 3.79. The highest BCUT2D eigenvalue weighted by Gasteiger charge is 2.58. The Hall–Kier alpha value is -1.39. The Morgan fingerprint density at radius 3 is 2.76 bits per heavy atom. The fourth-order valence-electron chi connectivity index (χ4n) is 5.89. The van der Waals surface area contributed by atoms with Crippen LogP contribution in [0, 0.1) is 22.7 Å². The second kappa shape index (κ2) is 5.55. The summed E-state index contributed by atoms with van der Waals surface area (Å²) >= 11 is 0. The number of allylic oxidation sites excluding steroid dienone is 2. The standard InChI is InChI=1S/C21H28O4/c1-12(22)25-17-11-13-10-14(23)6-8-20(13,2)16-7-9-21(3)15(19(16)17)4-5-18(21)24/h6-8,10,14-15,17-19,23-24H,4-5,9,11H2,1-3H3/t14?,15-,17?,18?,19-,20-,21-/m0/s1. The molecule has 4 heteroatoms. The molecule has 25 heavy (non-hydrogen) atoms. The first-order valence-electron chi connectivity index (χ1n) is 9.40. The van der Waals surface area contributed by atoms with E-state index in [1.165, 1.54) is 12.5 Å². The molecule has 2 saturated carbocycles. The Morgan fingerprint density at radius 2 is 2.04 bits per heavy atom. The molecule has 7 atom stereocenters. The first-order chi connectivity index (χ1) is 11.8. The van der Waals surface area contributed by atoms with Gasteiger partial charge in [0, 0.05) is 30.1 Å². The van der Waals surface area contributed by atoms with Crippen LogP contribution in [0.4, 0.5) is 0 Å². The number of esters is 1. The average Bonchev–Trinajstić information content (AvgIpc) is 2.84. The van der Waals surface area contributed by atoms with Crippen molar-refractivity contribution in [3.8, 4) is 0 Å². The van der Waals surface area contributed by atoms with Crippen LogP contribution in [0.5, 0.6) is 0 Å². The molecule has 0 saturated heterocycles. The van der Waals surface area contributed by atoms with Gasteiger partial charge in [-0.15, -0.1) is 0 Å². The molecule has 0 bridgehead atoms. The van der Waals surface area contributed by atoms with Crippen LogP contribution in [0.2, 0.25) is 0 Å². The number of carbonyl (C=O) groups is 1. The van der Waals surface area contributed by atoms with Gasteiger partial charge in [-0.1, -0.05) is 42.4 Å². The number of aliphatic hydroxyl groups is 2. The van der Waals surface area contributed by atoms with Gasteiger partial charge in [0.25, 0.3) is 0 Å². The van der Waals surface area contributed by atoms with Gasteiger partial charge in [-0.05, 0) is 32.1 Å². The minimum atomic E-state index is -0.569. The van der Waals surface area contributed by atoms with Gasteiger partial charge in [0.1, 0.15) is 6.10 Å². The molecular formula is C21H28O4. The number of rotatable bonds is 1. The normalized spacial score (nSPS) is 48.0. The van der Waals surface area contributed by atoms with Gasteiger partial charge >= 0.3 is 5.97 Å². The van der Waals surface area contributed by atoms with Crippen LogP contribution in [-0.2, 0) is 9.53 Å². The molecule has 4 aliphatic carbocycles. The molecule has 3 unspecified atom stereocenters. The van der Waals surface area contributed by atoms with E-state index in [1.807, 2.05) is 12.2 Å². The molecule has 0 aromatic carbocycles. The lowest BCUT2D eigenvalue weighted by Gasteiger charge is -2.54. The SMILES string of the molecule is CC(=O)OC1CC2=CC(O)C=C[C@]2(C)C2=CC[C@]3(C)C(O)CC[C@H]3[C@@H]21. The average molecular weight is 344 g/mol. The summed E-state index contributed by atoms with van der Waals surface area (Å²) in [6.07, 6.45) is 10.4. The van der Waals surface area contributed by atoms with E-state index < -0.39 is 6.10 Å². The van der Waals surface area contributed by atoms with E-state index in [4.69, 9.17) is 4.74 Å². The van der Waals surface area contributed by atoms with E-state index in [1.54, 1.807) is 0 Å². The molecular weight excluding hydrogens is 316 g/mol. The topological polar surface area (TPSA) is 66.8 Å². The molecule has 0 spiro atoms. The maximum atomic E-state index is 11.8. The minimum Gasteiger partial charge on any atom is -0.462 e. The van der Waals surface area contributed by atoms with Crippen LogP contribution in [0.3, 0.4) is 0 Å². The minimum absolute atomic E-state index is 0.137. The summed E-state index contributed by atoms with van der Waals surface area (Å²) in [4.78, 5) is 11.8. The van der Waals surface area contributed by atoms with Crippen LogP contribution in [-0.4, -0.2) is 34.5 Å². The highest BCUT2D eigenvalue weighted by atomic mass is 16.5. The van der Waals surface area contributed by atoms with Gasteiger partial charge in [-0.3, -0.25) is 4.79 Å². The van der Waals surface area contributed by atoms with E-state index in [9.17, 15) is 15.0 Å². The van der Waals surface area contributed by atoms with E-state index in [-0.39, 0.29) is 34.9 Å². The number of ether oxygens (including phenoxy) is 1. The predicted molar refractivity (Wildman–Crippen MR) is 94.5 cm³/mol. The third-order valence-corrected chi connectivity index (χ3v) is 7.32. The number of hydrogen-bond acceptors (Lipinski definition) is 4. The molecule has 4 aliphatic rings. The van der Waals surface area contributed by atoms with Crippen molar-refractivity contribution < 1.29 is 19.7 Å². The highest BCUT2D eigenvalue weighted by Crippen LogP contribution is 2.62. The maximum Gasteiger partial charge on any atom is 0.302 e. The summed E-state index contributed by atoms with van der Waals surface area (Å²) in [6, 6.07) is 0. The van der Waals surface area contributed by atoms with Crippen LogP contribution >= 0.6 is 0 Å². The third-order valence-electron chi connectivity index (χ3n) is 7.32. The van der Waals surface area contributed by atoms with Gasteiger partial charge in [-0.25, -0.2) is 0 Å². The van der Waals surface area contributed by atoms with Gasteiger partial charge < -0.3 is 14.9 Å². The molecule has 4 nitrogen and oxygen atoms in total. The largest absolute Gasteiger partial charge is 0.462 e. The number of fused-ring (bicyclic) bond motifs is 5. The highest BCUT2D eigenvalue weighted by molar-refractivity contribution is 5.66. The van der Waals surface area contributed by atoms with E-state index >= 15 is 0 Å². The van der Waals surface area contributed by atoms with Gasteiger partial charge in [0.15, 0.2) is 0 Å². The molecule has 0 radical (unpaired) electrons. The Morgan fingerprint density at radius 1 is 1.28 bits per heavy atom. The lowest BCUT2D eigenvalue weighted by molar-refractivity contribution is -0.152. The van der Waals surface area contributed by atoms with Crippen LogP contribution in [0.1, 0.15) is 46.5 Å². The summed E-state index contributed by atoms with van der Waals surface area (Å²) in [5.41, 5.74) is 2.09. The number of hydrogen-bond donors (Lipinski definition) is 2. The summed E-state index contributed by atoms with van der Waals surface area (Å²) in [6.45, 7) is 5.85. The molecule has 4 rings (SSSR count). The predicted octanol–water partition coefficient (Wildman–Crippen LogP) is 2.91. The van der Waals surface area contributed by atoms with Crippen molar-refractivity contribution >= 4 is 5.97 Å². The van der Waals surface area contributed by atoms with Crippen molar-refractivity contribution in [1.29, 1.82) is 0 Å². The maximum absolute atomic E-state index is 11.8. The van der Waals surface area contributed by atoms with Gasteiger partial charge in [0.2, 0.25) is 0 Å². The lowest BCUT2D eigenvalue weighted by Crippen LogP contribution is -2.51. The molecule has 0 aliphatic heterocycles. The second-order valence-corrected chi connectivity index (χ2v) is 8.69. The zero-order chi connectivity index (χ0) is 18.0. The molecule has 0 aromatic rings. The van der Waals surface area contributed by atoms with E-state index in [0.29, 0.717) is 12.3 Å². The zero-order valence-corrected chi connectivity index (χ0v) is 15.2. The Bertz CT molecular complexity index is 690. The molecule has 136 valence electrons. The lowest BCUT2D eigenvalue weighted by atomic mass is 9.52. The number of aliphatic hydroxyl groups excluding tert-OH is 2. The monoisotopic (exact) mass is 344 g/mol. The number of carbonyl (C=O) groups excluding carboxylic acids is 1. The first kappa shape index (κ1) is 17.0. The summed E-state index contributed by atoms with van der Waals surface area (Å²) < 4.78 is 5.77. The third kappa shape index (κ3) is 2.37. The van der Waals surface area contributed by atoms with Crippen LogP contribution in [0.25, 0.3) is 0 Å². The summed E-state index contributed by atoms with van der Waals surface area (Å²) in [7, 11) is 0. The molecule has 2 N–H and O–H groups in total. The summed E-state index contributed by atoms with van der Waals surface area (Å²) in [5, 5.41) is 20.6. The van der Waals surface area contributed by atoms with Gasteiger partial charge in [0.05, 0.1) is 12.2 Å². The second-order valence-electron chi connectivity index (χ2n) is 8.69. The molecule has 0 aromatic heterocycles. The van der Waals surface area contributed by atoms with Crippen molar-refractivity contribution in [2.24, 2.45) is 22.7 Å².